The lowest BCUT2D eigenvalue weighted by Crippen LogP contribution is -2.04. The second-order valence-corrected chi connectivity index (χ2v) is 4.60. The van der Waals surface area contributed by atoms with Crippen LogP contribution in [0.15, 0.2) is 18.2 Å². The Balaban J connectivity index is 2.36. The SMILES string of the molecule is Cc1ccc(C2(C)CC2C#N)cc1C. The summed E-state index contributed by atoms with van der Waals surface area (Å²) in [5, 5.41) is 8.88. The number of nitrogens with zero attached hydrogens (tertiary/aromatic N) is 1. The van der Waals surface area contributed by atoms with E-state index in [1.807, 2.05) is 0 Å². The fourth-order valence-electron chi connectivity index (χ4n) is 1.97. The van der Waals surface area contributed by atoms with Crippen LogP contribution in [0.4, 0.5) is 0 Å². The van der Waals surface area contributed by atoms with Crippen LogP contribution in [0.5, 0.6) is 0 Å². The molecule has 1 fully saturated rings. The average Bonchev–Trinajstić information content (AvgIpc) is 2.83. The maximum Gasteiger partial charge on any atom is 0.0665 e. The molecule has 0 radical (unpaired) electrons. The van der Waals surface area contributed by atoms with E-state index in [2.05, 4.69) is 45.0 Å². The third-order valence-electron chi connectivity index (χ3n) is 3.56. The number of hydrogen-bond donors (Lipinski definition) is 0. The van der Waals surface area contributed by atoms with E-state index in [0.29, 0.717) is 0 Å². The van der Waals surface area contributed by atoms with Crippen LogP contribution in [-0.2, 0) is 5.41 Å². The first kappa shape index (κ1) is 9.27. The van der Waals surface area contributed by atoms with E-state index in [0.717, 1.165) is 6.42 Å². The molecule has 0 N–H and O–H groups in total. The molecular formula is C13H15N. The summed E-state index contributed by atoms with van der Waals surface area (Å²) < 4.78 is 0. The lowest BCUT2D eigenvalue weighted by molar-refractivity contribution is 0.740. The highest BCUT2D eigenvalue weighted by molar-refractivity contribution is 5.40. The monoisotopic (exact) mass is 185 g/mol. The summed E-state index contributed by atoms with van der Waals surface area (Å²) in [7, 11) is 0. The van der Waals surface area contributed by atoms with E-state index in [9.17, 15) is 0 Å². The molecule has 0 saturated heterocycles. The Morgan fingerprint density at radius 1 is 1.36 bits per heavy atom. The summed E-state index contributed by atoms with van der Waals surface area (Å²) in [5.74, 6) is 0.226. The predicted molar refractivity (Wildman–Crippen MR) is 57.0 cm³/mol. The van der Waals surface area contributed by atoms with Gasteiger partial charge in [-0.3, -0.25) is 0 Å². The Bertz CT molecular complexity index is 414. The Morgan fingerprint density at radius 2 is 2.07 bits per heavy atom. The molecule has 1 nitrogen and oxygen atoms in total. The highest BCUT2D eigenvalue weighted by atomic mass is 14.5. The normalized spacial score (nSPS) is 29.7. The van der Waals surface area contributed by atoms with Gasteiger partial charge in [0, 0.05) is 5.41 Å². The van der Waals surface area contributed by atoms with Crippen molar-refractivity contribution in [1.29, 1.82) is 5.26 Å². The third-order valence-corrected chi connectivity index (χ3v) is 3.56. The van der Waals surface area contributed by atoms with Crippen molar-refractivity contribution in [2.45, 2.75) is 32.6 Å². The minimum Gasteiger partial charge on any atom is -0.198 e. The summed E-state index contributed by atoms with van der Waals surface area (Å²) in [6.45, 7) is 6.44. The van der Waals surface area contributed by atoms with Crippen molar-refractivity contribution in [3.8, 4) is 6.07 Å². The summed E-state index contributed by atoms with van der Waals surface area (Å²) >= 11 is 0. The summed E-state index contributed by atoms with van der Waals surface area (Å²) in [6.07, 6.45) is 1.02. The number of nitriles is 1. The van der Waals surface area contributed by atoms with Crippen molar-refractivity contribution in [1.82, 2.24) is 0 Å². The molecule has 72 valence electrons. The number of aryl methyl sites for hydroxylation is 2. The van der Waals surface area contributed by atoms with Gasteiger partial charge in [-0.1, -0.05) is 25.1 Å². The van der Waals surface area contributed by atoms with Gasteiger partial charge in [-0.25, -0.2) is 0 Å². The summed E-state index contributed by atoms with van der Waals surface area (Å²) in [5.41, 5.74) is 4.11. The first-order valence-corrected chi connectivity index (χ1v) is 5.05. The van der Waals surface area contributed by atoms with Gasteiger partial charge >= 0.3 is 0 Å². The molecule has 0 amide bonds. The Hall–Kier alpha value is -1.29. The molecule has 0 heterocycles. The molecule has 14 heavy (non-hydrogen) atoms. The van der Waals surface area contributed by atoms with Crippen molar-refractivity contribution >= 4 is 0 Å². The maximum absolute atomic E-state index is 8.88. The minimum absolute atomic E-state index is 0.132. The van der Waals surface area contributed by atoms with E-state index < -0.39 is 0 Å². The standard InChI is InChI=1S/C13H15N/c1-9-4-5-11(6-10(9)2)13(3)7-12(13)8-14/h4-6,12H,7H2,1-3H3. The van der Waals surface area contributed by atoms with Crippen LogP contribution < -0.4 is 0 Å². The Kier molecular flexibility index (Phi) is 1.89. The fourth-order valence-corrected chi connectivity index (χ4v) is 1.97. The van der Waals surface area contributed by atoms with Crippen molar-refractivity contribution in [3.05, 3.63) is 34.9 Å². The smallest absolute Gasteiger partial charge is 0.0665 e. The quantitative estimate of drug-likeness (QED) is 0.659. The molecule has 2 rings (SSSR count). The largest absolute Gasteiger partial charge is 0.198 e. The van der Waals surface area contributed by atoms with Crippen molar-refractivity contribution in [2.75, 3.05) is 0 Å². The maximum atomic E-state index is 8.88. The number of hydrogen-bond acceptors (Lipinski definition) is 1. The van der Waals surface area contributed by atoms with Gasteiger partial charge in [-0.15, -0.1) is 0 Å². The van der Waals surface area contributed by atoms with Gasteiger partial charge in [-0.2, -0.15) is 5.26 Å². The summed E-state index contributed by atoms with van der Waals surface area (Å²) in [4.78, 5) is 0. The van der Waals surface area contributed by atoms with Gasteiger partial charge in [0.2, 0.25) is 0 Å². The Morgan fingerprint density at radius 3 is 2.57 bits per heavy atom. The summed E-state index contributed by atoms with van der Waals surface area (Å²) in [6, 6.07) is 8.91. The third kappa shape index (κ3) is 1.23. The van der Waals surface area contributed by atoms with E-state index in [4.69, 9.17) is 5.26 Å². The van der Waals surface area contributed by atoms with Crippen LogP contribution in [0.1, 0.15) is 30.0 Å². The molecule has 1 aliphatic rings. The van der Waals surface area contributed by atoms with Gasteiger partial charge in [0.05, 0.1) is 12.0 Å². The van der Waals surface area contributed by atoms with Crippen LogP contribution in [0.25, 0.3) is 0 Å². The van der Waals surface area contributed by atoms with Crippen LogP contribution >= 0.6 is 0 Å². The molecule has 1 aromatic rings. The van der Waals surface area contributed by atoms with Gasteiger partial charge in [0.25, 0.3) is 0 Å². The van der Waals surface area contributed by atoms with E-state index in [1.165, 1.54) is 16.7 Å². The molecular weight excluding hydrogens is 170 g/mol. The van der Waals surface area contributed by atoms with Crippen LogP contribution in [0.3, 0.4) is 0 Å². The zero-order chi connectivity index (χ0) is 10.3. The molecule has 1 aliphatic carbocycles. The molecule has 2 unspecified atom stereocenters. The molecule has 1 aromatic carbocycles. The van der Waals surface area contributed by atoms with Gasteiger partial charge < -0.3 is 0 Å². The average molecular weight is 185 g/mol. The van der Waals surface area contributed by atoms with E-state index >= 15 is 0 Å². The number of rotatable bonds is 1. The molecule has 0 aliphatic heterocycles. The second kappa shape index (κ2) is 2.85. The lowest BCUT2D eigenvalue weighted by atomic mass is 9.93. The predicted octanol–water partition coefficient (Wildman–Crippen LogP) is 3.10. The van der Waals surface area contributed by atoms with Crippen molar-refractivity contribution in [2.24, 2.45) is 5.92 Å². The van der Waals surface area contributed by atoms with Gasteiger partial charge in [0.1, 0.15) is 0 Å². The highest BCUT2D eigenvalue weighted by Crippen LogP contribution is 2.53. The van der Waals surface area contributed by atoms with E-state index in [-0.39, 0.29) is 11.3 Å². The van der Waals surface area contributed by atoms with Crippen LogP contribution in [0, 0.1) is 31.1 Å². The van der Waals surface area contributed by atoms with Gasteiger partial charge in [0.15, 0.2) is 0 Å². The zero-order valence-corrected chi connectivity index (χ0v) is 8.96. The van der Waals surface area contributed by atoms with Crippen LogP contribution in [0.2, 0.25) is 0 Å². The van der Waals surface area contributed by atoms with Gasteiger partial charge in [-0.05, 0) is 37.0 Å². The molecule has 0 spiro atoms. The zero-order valence-electron chi connectivity index (χ0n) is 8.96. The minimum atomic E-state index is 0.132. The molecule has 0 aromatic heterocycles. The first-order chi connectivity index (χ1) is 6.58. The van der Waals surface area contributed by atoms with E-state index in [1.54, 1.807) is 0 Å². The van der Waals surface area contributed by atoms with Crippen molar-refractivity contribution < 1.29 is 0 Å². The topological polar surface area (TPSA) is 23.8 Å². The number of benzene rings is 1. The lowest BCUT2D eigenvalue weighted by Gasteiger charge is -2.11. The fraction of sp³-hybridized carbons (Fsp3) is 0.462. The van der Waals surface area contributed by atoms with Crippen LogP contribution in [-0.4, -0.2) is 0 Å². The molecule has 1 heteroatoms. The highest BCUT2D eigenvalue weighted by Gasteiger charge is 2.51. The second-order valence-electron chi connectivity index (χ2n) is 4.60. The Labute approximate surface area is 85.4 Å². The van der Waals surface area contributed by atoms with Crippen molar-refractivity contribution in [3.63, 3.8) is 0 Å². The first-order valence-electron chi connectivity index (χ1n) is 5.05. The molecule has 1 saturated carbocycles. The molecule has 0 bridgehead atoms. The molecule has 2 atom stereocenters.